The van der Waals surface area contributed by atoms with E-state index in [9.17, 15) is 19.2 Å². The Morgan fingerprint density at radius 1 is 0.857 bits per heavy atom. The fourth-order valence-electron chi connectivity index (χ4n) is 3.62. The van der Waals surface area contributed by atoms with Crippen LogP contribution < -0.4 is 10.1 Å². The lowest BCUT2D eigenvalue weighted by atomic mass is 10.2. The number of anilines is 1. The van der Waals surface area contributed by atoms with Gasteiger partial charge in [-0.1, -0.05) is 35.6 Å². The number of ether oxygens (including phenoxy) is 1. The number of thiazole rings is 1. The number of nitrogens with one attached hydrogen (secondary N) is 1. The van der Waals surface area contributed by atoms with Crippen molar-refractivity contribution in [2.45, 2.75) is 25.8 Å². The van der Waals surface area contributed by atoms with E-state index in [1.54, 1.807) is 11.3 Å². The summed E-state index contributed by atoms with van der Waals surface area (Å²) < 4.78 is 7.16. The molecule has 2 aromatic carbocycles. The number of carbonyl (C=O) groups is 4. The molecule has 224 valence electrons. The maximum atomic E-state index is 9.55. The van der Waals surface area contributed by atoms with Gasteiger partial charge in [-0.3, -0.25) is 4.90 Å². The van der Waals surface area contributed by atoms with Crippen LogP contribution in [0.2, 0.25) is 0 Å². The predicted molar refractivity (Wildman–Crippen MR) is 158 cm³/mol. The summed E-state index contributed by atoms with van der Waals surface area (Å²) in [4.78, 5) is 45.3. The molecular weight excluding hydrogens is 566 g/mol. The zero-order valence-corrected chi connectivity index (χ0v) is 23.5. The number of likely N-dealkylation sites (tertiary alicyclic amines) is 1. The van der Waals surface area contributed by atoms with E-state index >= 15 is 0 Å². The molecule has 2 heterocycles. The van der Waals surface area contributed by atoms with Crippen LogP contribution in [0.1, 0.15) is 24.8 Å². The number of benzene rings is 2. The molecule has 0 spiro atoms. The largest absolute Gasteiger partial charge is 0.494 e. The van der Waals surface area contributed by atoms with Crippen molar-refractivity contribution in [1.82, 2.24) is 9.88 Å². The molecule has 1 aliphatic rings. The van der Waals surface area contributed by atoms with E-state index in [0.717, 1.165) is 35.9 Å². The van der Waals surface area contributed by atoms with Gasteiger partial charge in [0.1, 0.15) is 5.75 Å². The van der Waals surface area contributed by atoms with Crippen LogP contribution in [0.3, 0.4) is 0 Å². The molecule has 0 saturated carbocycles. The van der Waals surface area contributed by atoms with Crippen molar-refractivity contribution in [1.29, 1.82) is 0 Å². The fraction of sp³-hybridized carbons (Fsp3) is 0.276. The van der Waals surface area contributed by atoms with Gasteiger partial charge in [-0.2, -0.15) is 0 Å². The van der Waals surface area contributed by atoms with Gasteiger partial charge in [0.05, 0.1) is 16.8 Å². The molecule has 13 heteroatoms. The molecule has 4 rings (SSSR count). The highest BCUT2D eigenvalue weighted by Crippen LogP contribution is 2.25. The first kappa shape index (κ1) is 33.5. The van der Waals surface area contributed by atoms with Gasteiger partial charge >= 0.3 is 23.9 Å². The van der Waals surface area contributed by atoms with Gasteiger partial charge < -0.3 is 30.5 Å². The zero-order valence-electron chi connectivity index (χ0n) is 22.7. The van der Waals surface area contributed by atoms with Crippen LogP contribution in [0.25, 0.3) is 10.2 Å². The van der Waals surface area contributed by atoms with Gasteiger partial charge in [-0.15, -0.1) is 0 Å². The molecule has 0 aliphatic carbocycles. The van der Waals surface area contributed by atoms with Crippen LogP contribution in [0.4, 0.5) is 5.13 Å². The van der Waals surface area contributed by atoms with E-state index in [4.69, 9.17) is 25.2 Å². The number of aliphatic carboxylic acids is 4. The first-order valence-electron chi connectivity index (χ1n) is 12.9. The van der Waals surface area contributed by atoms with Crippen LogP contribution >= 0.6 is 11.3 Å². The summed E-state index contributed by atoms with van der Waals surface area (Å²) in [6.07, 6.45) is 5.84. The minimum Gasteiger partial charge on any atom is -0.494 e. The van der Waals surface area contributed by atoms with Gasteiger partial charge in [0.15, 0.2) is 5.13 Å². The molecule has 1 saturated heterocycles. The molecule has 1 aromatic heterocycles. The van der Waals surface area contributed by atoms with Crippen LogP contribution in [0, 0.1) is 0 Å². The maximum absolute atomic E-state index is 9.55. The molecule has 5 N–H and O–H groups in total. The third kappa shape index (κ3) is 14.6. The molecule has 0 radical (unpaired) electrons. The molecule has 1 aliphatic heterocycles. The molecule has 0 bridgehead atoms. The van der Waals surface area contributed by atoms with Crippen molar-refractivity contribution >= 4 is 50.6 Å². The molecule has 3 aromatic rings. The SMILES string of the molecule is O=C(O)/C=C\C(=O)O.O=C(O)/C=C\C(=O)O.c1cc(CN2CCCC2)cc(OCCCNc2nc3ccccc3s2)c1. The molecule has 0 unspecified atom stereocenters. The van der Waals surface area contributed by atoms with Gasteiger partial charge in [0.2, 0.25) is 0 Å². The van der Waals surface area contributed by atoms with E-state index < -0.39 is 23.9 Å². The second kappa shape index (κ2) is 18.6. The van der Waals surface area contributed by atoms with Crippen molar-refractivity contribution in [3.8, 4) is 5.75 Å². The average molecular weight is 600 g/mol. The second-order valence-electron chi connectivity index (χ2n) is 8.77. The number of fused-ring (bicyclic) bond motifs is 1. The van der Waals surface area contributed by atoms with Crippen LogP contribution in [-0.4, -0.2) is 80.4 Å². The molecule has 42 heavy (non-hydrogen) atoms. The quantitative estimate of drug-likeness (QED) is 0.148. The Labute approximate surface area is 246 Å². The zero-order chi connectivity index (χ0) is 30.7. The number of para-hydroxylation sites is 1. The lowest BCUT2D eigenvalue weighted by molar-refractivity contribution is -0.134. The Hall–Kier alpha value is -4.75. The number of hydrogen-bond donors (Lipinski definition) is 5. The van der Waals surface area contributed by atoms with Gasteiger partial charge in [0.25, 0.3) is 0 Å². The monoisotopic (exact) mass is 599 g/mol. The van der Waals surface area contributed by atoms with E-state index in [1.807, 2.05) is 6.07 Å². The van der Waals surface area contributed by atoms with Crippen molar-refractivity contribution in [2.75, 3.05) is 31.6 Å². The summed E-state index contributed by atoms with van der Waals surface area (Å²) in [6, 6.07) is 16.8. The number of hydrogen-bond acceptors (Lipinski definition) is 9. The smallest absolute Gasteiger partial charge is 0.328 e. The van der Waals surface area contributed by atoms with E-state index in [1.165, 1.54) is 36.2 Å². The molecule has 0 atom stereocenters. The number of aromatic nitrogens is 1. The summed E-state index contributed by atoms with van der Waals surface area (Å²) in [5.74, 6) is -4.05. The molecule has 12 nitrogen and oxygen atoms in total. The lowest BCUT2D eigenvalue weighted by Crippen LogP contribution is -2.18. The van der Waals surface area contributed by atoms with Crippen LogP contribution in [-0.2, 0) is 25.7 Å². The van der Waals surface area contributed by atoms with Crippen molar-refractivity contribution in [3.63, 3.8) is 0 Å². The highest BCUT2D eigenvalue weighted by molar-refractivity contribution is 7.22. The van der Waals surface area contributed by atoms with Crippen molar-refractivity contribution in [3.05, 3.63) is 78.4 Å². The Kier molecular flexibility index (Phi) is 14.8. The van der Waals surface area contributed by atoms with Crippen molar-refractivity contribution < 1.29 is 44.3 Å². The molecule has 1 fully saturated rings. The normalized spacial score (nSPS) is 12.8. The summed E-state index contributed by atoms with van der Waals surface area (Å²) in [7, 11) is 0. The first-order valence-corrected chi connectivity index (χ1v) is 13.8. The maximum Gasteiger partial charge on any atom is 0.328 e. The molecular formula is C29H33N3O9S. The molecule has 0 amide bonds. The highest BCUT2D eigenvalue weighted by atomic mass is 32.1. The lowest BCUT2D eigenvalue weighted by Gasteiger charge is -2.15. The Morgan fingerprint density at radius 2 is 1.45 bits per heavy atom. The number of nitrogens with zero attached hydrogens (tertiary/aromatic N) is 2. The third-order valence-electron chi connectivity index (χ3n) is 5.40. The van der Waals surface area contributed by atoms with E-state index in [2.05, 4.69) is 57.7 Å². The fourth-order valence-corrected chi connectivity index (χ4v) is 4.51. The number of carboxylic acid groups (broad SMARTS) is 4. The minimum absolute atomic E-state index is 0.558. The highest BCUT2D eigenvalue weighted by Gasteiger charge is 2.11. The second-order valence-corrected chi connectivity index (χ2v) is 9.80. The first-order chi connectivity index (χ1) is 20.1. The van der Waals surface area contributed by atoms with Gasteiger partial charge in [-0.05, 0) is 62.2 Å². The summed E-state index contributed by atoms with van der Waals surface area (Å²) in [5, 5.41) is 35.6. The Morgan fingerprint density at radius 3 is 2.02 bits per heavy atom. The van der Waals surface area contributed by atoms with Crippen LogP contribution in [0.5, 0.6) is 5.75 Å². The van der Waals surface area contributed by atoms with E-state index in [0.29, 0.717) is 30.9 Å². The Bertz CT molecular complexity index is 1280. The topological polar surface area (TPSA) is 187 Å². The number of rotatable bonds is 12. The minimum atomic E-state index is -1.26. The average Bonchev–Trinajstić information content (AvgIpc) is 3.61. The van der Waals surface area contributed by atoms with Crippen LogP contribution in [0.15, 0.2) is 72.8 Å². The van der Waals surface area contributed by atoms with Gasteiger partial charge in [-0.25, -0.2) is 24.2 Å². The Balaban J connectivity index is 0.000000319. The van der Waals surface area contributed by atoms with Crippen molar-refractivity contribution in [2.24, 2.45) is 0 Å². The standard InChI is InChI=1S/C21H25N3OS.2C4H4O4/c1-2-10-20-19(9-1)23-21(26-20)22-11-6-14-25-18-8-5-7-17(15-18)16-24-12-3-4-13-24;2*5-3(6)1-2-4(7)8/h1-2,5,7-10,15H,3-4,6,11-14,16H2,(H,22,23);2*1-2H,(H,5,6)(H,7,8)/b;2*2-1-. The summed E-state index contributed by atoms with van der Waals surface area (Å²) >= 11 is 1.70. The number of carboxylic acids is 4. The predicted octanol–water partition coefficient (Wildman–Crippen LogP) is 4.20. The summed E-state index contributed by atoms with van der Waals surface area (Å²) in [5.41, 5.74) is 2.41. The van der Waals surface area contributed by atoms with Gasteiger partial charge in [0, 0.05) is 37.4 Å². The van der Waals surface area contributed by atoms with E-state index in [-0.39, 0.29) is 0 Å². The summed E-state index contributed by atoms with van der Waals surface area (Å²) in [6.45, 7) is 5.07. The third-order valence-corrected chi connectivity index (χ3v) is 6.39.